The Labute approximate surface area is 186 Å². The van der Waals surface area contributed by atoms with E-state index in [4.69, 9.17) is 4.74 Å². The topological polar surface area (TPSA) is 93.0 Å². The molecule has 8 nitrogen and oxygen atoms in total. The number of benzene rings is 2. The molecule has 1 fully saturated rings. The predicted molar refractivity (Wildman–Crippen MR) is 120 cm³/mol. The average Bonchev–Trinajstić information content (AvgIpc) is 3.04. The third-order valence-corrected chi connectivity index (χ3v) is 5.57. The van der Waals surface area contributed by atoms with Crippen LogP contribution in [0.2, 0.25) is 0 Å². The fourth-order valence-corrected chi connectivity index (χ4v) is 4.12. The van der Waals surface area contributed by atoms with Crippen LogP contribution in [0.15, 0.2) is 54.2 Å². The van der Waals surface area contributed by atoms with Gasteiger partial charge in [0, 0.05) is 25.2 Å². The molecule has 2 heterocycles. The van der Waals surface area contributed by atoms with E-state index in [1.54, 1.807) is 24.3 Å². The number of ether oxygens (including phenoxy) is 1. The van der Waals surface area contributed by atoms with Crippen LogP contribution < -0.4 is 9.64 Å². The molecule has 0 aliphatic carbocycles. The van der Waals surface area contributed by atoms with Gasteiger partial charge in [-0.15, -0.1) is 0 Å². The molecule has 0 spiro atoms. The number of hydrogen-bond donors (Lipinski definition) is 0. The van der Waals surface area contributed by atoms with E-state index in [9.17, 15) is 19.7 Å². The lowest BCUT2D eigenvalue weighted by atomic mass is 10.0. The molecule has 4 rings (SSSR count). The third kappa shape index (κ3) is 4.08. The van der Waals surface area contributed by atoms with E-state index < -0.39 is 10.8 Å². The van der Waals surface area contributed by atoms with Gasteiger partial charge in [0.05, 0.1) is 22.3 Å². The highest BCUT2D eigenvalue weighted by molar-refractivity contribution is 6.45. The van der Waals surface area contributed by atoms with Gasteiger partial charge in [0.25, 0.3) is 17.5 Å². The second-order valence-corrected chi connectivity index (χ2v) is 8.18. The lowest BCUT2D eigenvalue weighted by Crippen LogP contribution is -2.37. The SMILES string of the molecule is CC(C)Oc1ccc(N2C(=O)C(c3ccc([N+](=O)[O-])cc3)=C(N3CCCCC3)C2=O)cc1. The van der Waals surface area contributed by atoms with Gasteiger partial charge in [-0.3, -0.25) is 19.7 Å². The molecule has 2 aliphatic rings. The molecule has 2 amide bonds. The molecule has 0 atom stereocenters. The first kappa shape index (κ1) is 21.5. The van der Waals surface area contributed by atoms with Gasteiger partial charge in [0.1, 0.15) is 11.4 Å². The number of carbonyl (C=O) groups excluding carboxylic acids is 2. The zero-order chi connectivity index (χ0) is 22.8. The van der Waals surface area contributed by atoms with Crippen LogP contribution in [0.25, 0.3) is 5.57 Å². The maximum absolute atomic E-state index is 13.5. The minimum Gasteiger partial charge on any atom is -0.491 e. The Kier molecular flexibility index (Phi) is 5.94. The maximum atomic E-state index is 13.5. The van der Waals surface area contributed by atoms with E-state index in [1.807, 2.05) is 18.7 Å². The molecule has 2 aromatic rings. The first-order valence-electron chi connectivity index (χ1n) is 10.8. The fourth-order valence-electron chi connectivity index (χ4n) is 4.12. The first-order chi connectivity index (χ1) is 15.4. The summed E-state index contributed by atoms with van der Waals surface area (Å²) in [6.07, 6.45) is 2.98. The Balaban J connectivity index is 1.73. The van der Waals surface area contributed by atoms with Crippen LogP contribution in [-0.2, 0) is 9.59 Å². The Morgan fingerprint density at radius 2 is 1.53 bits per heavy atom. The first-order valence-corrected chi connectivity index (χ1v) is 10.8. The zero-order valence-corrected chi connectivity index (χ0v) is 18.1. The summed E-state index contributed by atoms with van der Waals surface area (Å²) in [6, 6.07) is 12.6. The highest BCUT2D eigenvalue weighted by Gasteiger charge is 2.42. The van der Waals surface area contributed by atoms with Gasteiger partial charge in [-0.2, -0.15) is 0 Å². The third-order valence-electron chi connectivity index (χ3n) is 5.57. The second-order valence-electron chi connectivity index (χ2n) is 8.18. The van der Waals surface area contributed by atoms with Crippen molar-refractivity contribution in [2.24, 2.45) is 0 Å². The van der Waals surface area contributed by atoms with Gasteiger partial charge >= 0.3 is 0 Å². The van der Waals surface area contributed by atoms with Gasteiger partial charge in [0.2, 0.25) is 0 Å². The van der Waals surface area contributed by atoms with Crippen LogP contribution in [0, 0.1) is 10.1 Å². The van der Waals surface area contributed by atoms with Crippen LogP contribution in [0.1, 0.15) is 38.7 Å². The Bertz CT molecular complexity index is 1070. The summed E-state index contributed by atoms with van der Waals surface area (Å²) in [4.78, 5) is 40.7. The van der Waals surface area contributed by atoms with Crippen LogP contribution in [-0.4, -0.2) is 40.8 Å². The van der Waals surface area contributed by atoms with Crippen molar-refractivity contribution in [1.82, 2.24) is 4.90 Å². The zero-order valence-electron chi connectivity index (χ0n) is 18.1. The number of rotatable bonds is 6. The number of imide groups is 1. The molecule has 0 radical (unpaired) electrons. The van der Waals surface area contributed by atoms with Gasteiger partial charge < -0.3 is 9.64 Å². The number of anilines is 1. The lowest BCUT2D eigenvalue weighted by Gasteiger charge is -2.29. The molecule has 166 valence electrons. The summed E-state index contributed by atoms with van der Waals surface area (Å²) < 4.78 is 5.66. The van der Waals surface area contributed by atoms with Gasteiger partial charge in [-0.1, -0.05) is 0 Å². The highest BCUT2D eigenvalue weighted by atomic mass is 16.6. The van der Waals surface area contributed by atoms with E-state index in [1.165, 1.54) is 29.2 Å². The van der Waals surface area contributed by atoms with Crippen LogP contribution in [0.5, 0.6) is 5.75 Å². The summed E-state index contributed by atoms with van der Waals surface area (Å²) in [6.45, 7) is 5.24. The monoisotopic (exact) mass is 435 g/mol. The van der Waals surface area contributed by atoms with Crippen molar-refractivity contribution in [2.45, 2.75) is 39.2 Å². The number of non-ortho nitro benzene ring substituents is 1. The van der Waals surface area contributed by atoms with Crippen molar-refractivity contribution in [3.63, 3.8) is 0 Å². The molecule has 2 aliphatic heterocycles. The molecule has 0 bridgehead atoms. The molecule has 0 unspecified atom stereocenters. The summed E-state index contributed by atoms with van der Waals surface area (Å²) in [5.74, 6) is -0.146. The predicted octanol–water partition coefficient (Wildman–Crippen LogP) is 4.15. The highest BCUT2D eigenvalue weighted by Crippen LogP contribution is 2.36. The van der Waals surface area contributed by atoms with Crippen molar-refractivity contribution in [3.05, 3.63) is 69.9 Å². The summed E-state index contributed by atoms with van der Waals surface area (Å²) >= 11 is 0. The van der Waals surface area contributed by atoms with Gasteiger partial charge in [-0.25, -0.2) is 4.90 Å². The smallest absolute Gasteiger partial charge is 0.282 e. The molecule has 2 aromatic carbocycles. The number of amides is 2. The van der Waals surface area contributed by atoms with Crippen molar-refractivity contribution in [2.75, 3.05) is 18.0 Å². The van der Waals surface area contributed by atoms with Crippen molar-refractivity contribution >= 4 is 28.8 Å². The molecule has 0 saturated carbocycles. The minimum atomic E-state index is -0.488. The quantitative estimate of drug-likeness (QED) is 0.384. The maximum Gasteiger partial charge on any atom is 0.282 e. The number of hydrogen-bond acceptors (Lipinski definition) is 6. The second kappa shape index (κ2) is 8.82. The Morgan fingerprint density at radius 3 is 2.09 bits per heavy atom. The van der Waals surface area contributed by atoms with Crippen molar-refractivity contribution in [1.29, 1.82) is 0 Å². The van der Waals surface area contributed by atoms with E-state index >= 15 is 0 Å². The lowest BCUT2D eigenvalue weighted by molar-refractivity contribution is -0.384. The number of nitro benzene ring substituents is 1. The number of nitrogens with zero attached hydrogens (tertiary/aromatic N) is 3. The molecule has 0 N–H and O–H groups in total. The molecule has 1 saturated heterocycles. The normalized spacial score (nSPS) is 16.8. The summed E-state index contributed by atoms with van der Waals surface area (Å²) in [5, 5.41) is 11.0. The minimum absolute atomic E-state index is 0.0111. The summed E-state index contributed by atoms with van der Waals surface area (Å²) in [7, 11) is 0. The summed E-state index contributed by atoms with van der Waals surface area (Å²) in [5.41, 5.74) is 1.54. The standard InChI is InChI=1S/C24H25N3O5/c1-16(2)32-20-12-10-18(11-13-20)26-23(28)21(17-6-8-19(9-7-17)27(30)31)22(24(26)29)25-14-4-3-5-15-25/h6-13,16H,3-5,14-15H2,1-2H3. The van der Waals surface area contributed by atoms with E-state index in [0.29, 0.717) is 35.8 Å². The van der Waals surface area contributed by atoms with E-state index in [-0.39, 0.29) is 23.3 Å². The van der Waals surface area contributed by atoms with Crippen LogP contribution in [0.3, 0.4) is 0 Å². The average molecular weight is 435 g/mol. The Morgan fingerprint density at radius 1 is 0.906 bits per heavy atom. The number of likely N-dealkylation sites (tertiary alicyclic amines) is 1. The Hall–Kier alpha value is -3.68. The van der Waals surface area contributed by atoms with E-state index in [2.05, 4.69) is 0 Å². The molecule has 32 heavy (non-hydrogen) atoms. The largest absolute Gasteiger partial charge is 0.491 e. The number of carbonyl (C=O) groups is 2. The van der Waals surface area contributed by atoms with Crippen molar-refractivity contribution in [3.8, 4) is 5.75 Å². The van der Waals surface area contributed by atoms with Crippen LogP contribution in [0.4, 0.5) is 11.4 Å². The fraction of sp³-hybridized carbons (Fsp3) is 0.333. The van der Waals surface area contributed by atoms with Gasteiger partial charge in [-0.05, 0) is 75.1 Å². The molecule has 8 heteroatoms. The van der Waals surface area contributed by atoms with Crippen LogP contribution >= 0.6 is 0 Å². The molecule has 0 aromatic heterocycles. The van der Waals surface area contributed by atoms with Crippen molar-refractivity contribution < 1.29 is 19.2 Å². The van der Waals surface area contributed by atoms with Gasteiger partial charge in [0.15, 0.2) is 0 Å². The molecular formula is C24H25N3O5. The molecular weight excluding hydrogens is 410 g/mol. The van der Waals surface area contributed by atoms with E-state index in [0.717, 1.165) is 19.3 Å². The number of piperidine rings is 1. The number of nitro groups is 1.